The van der Waals surface area contributed by atoms with E-state index in [4.69, 9.17) is 0 Å². The molecule has 0 atom stereocenters. The lowest BCUT2D eigenvalue weighted by Crippen LogP contribution is -2.38. The Labute approximate surface area is 147 Å². The summed E-state index contributed by atoms with van der Waals surface area (Å²) >= 11 is 1.77. The Hall–Kier alpha value is -2.34. The molecule has 0 saturated heterocycles. The summed E-state index contributed by atoms with van der Waals surface area (Å²) in [7, 11) is 1.63. The summed E-state index contributed by atoms with van der Waals surface area (Å²) in [4.78, 5) is 17.5. The van der Waals surface area contributed by atoms with Crippen LogP contribution < -0.4 is 16.0 Å². The van der Waals surface area contributed by atoms with Crippen LogP contribution in [0.5, 0.6) is 0 Å². The zero-order valence-electron chi connectivity index (χ0n) is 14.1. The summed E-state index contributed by atoms with van der Waals surface area (Å²) in [5.41, 5.74) is 1.73. The van der Waals surface area contributed by atoms with E-state index in [1.807, 2.05) is 24.3 Å². The average Bonchev–Trinajstić information content (AvgIpc) is 3.13. The second-order valence-electron chi connectivity index (χ2n) is 5.23. The summed E-state index contributed by atoms with van der Waals surface area (Å²) in [6, 6.07) is 11.7. The standard InChI is InChI=1S/C18H24N4OS/c1-3-20-18(21-11-10-16-5-4-12-24-16)22-13-14-6-8-15(9-7-14)17(23)19-2/h4-9,12H,3,10-11,13H2,1-2H3,(H,19,23)(H2,20,21,22). The predicted octanol–water partition coefficient (Wildman–Crippen LogP) is 2.41. The SMILES string of the molecule is CCNC(=NCc1ccc(C(=O)NC)cc1)NCCc1cccs1. The highest BCUT2D eigenvalue weighted by Crippen LogP contribution is 2.08. The van der Waals surface area contributed by atoms with Gasteiger partial charge in [0.05, 0.1) is 6.54 Å². The zero-order chi connectivity index (χ0) is 17.2. The lowest BCUT2D eigenvalue weighted by Gasteiger charge is -2.11. The van der Waals surface area contributed by atoms with Crippen molar-refractivity contribution in [1.29, 1.82) is 0 Å². The lowest BCUT2D eigenvalue weighted by molar-refractivity contribution is 0.0963. The van der Waals surface area contributed by atoms with Crippen molar-refractivity contribution in [3.63, 3.8) is 0 Å². The van der Waals surface area contributed by atoms with Crippen LogP contribution in [-0.2, 0) is 13.0 Å². The van der Waals surface area contributed by atoms with Gasteiger partial charge in [-0.05, 0) is 42.5 Å². The summed E-state index contributed by atoms with van der Waals surface area (Å²) in [5.74, 6) is 0.734. The molecule has 0 radical (unpaired) electrons. The Morgan fingerprint density at radius 1 is 1.17 bits per heavy atom. The maximum Gasteiger partial charge on any atom is 0.251 e. The van der Waals surface area contributed by atoms with Gasteiger partial charge in [0, 0.05) is 30.6 Å². The molecule has 0 aliphatic heterocycles. The first-order valence-electron chi connectivity index (χ1n) is 8.08. The number of thiophene rings is 1. The van der Waals surface area contributed by atoms with Gasteiger partial charge in [0.2, 0.25) is 0 Å². The Bertz CT molecular complexity index is 650. The van der Waals surface area contributed by atoms with Crippen LogP contribution >= 0.6 is 11.3 Å². The van der Waals surface area contributed by atoms with Gasteiger partial charge in [0.15, 0.2) is 5.96 Å². The van der Waals surface area contributed by atoms with Crippen molar-refractivity contribution in [3.8, 4) is 0 Å². The minimum absolute atomic E-state index is 0.0753. The van der Waals surface area contributed by atoms with Crippen molar-refractivity contribution in [2.45, 2.75) is 19.9 Å². The molecule has 128 valence electrons. The van der Waals surface area contributed by atoms with Gasteiger partial charge >= 0.3 is 0 Å². The van der Waals surface area contributed by atoms with Crippen molar-refractivity contribution in [2.75, 3.05) is 20.1 Å². The number of aliphatic imine (C=N–C) groups is 1. The Balaban J connectivity index is 1.88. The monoisotopic (exact) mass is 344 g/mol. The second kappa shape index (κ2) is 9.72. The topological polar surface area (TPSA) is 65.5 Å². The first kappa shape index (κ1) is 18.0. The van der Waals surface area contributed by atoms with Gasteiger partial charge in [0.25, 0.3) is 5.91 Å². The molecule has 0 fully saturated rings. The van der Waals surface area contributed by atoms with Gasteiger partial charge in [-0.15, -0.1) is 11.3 Å². The molecule has 1 heterocycles. The number of hydrogen-bond donors (Lipinski definition) is 3. The number of amides is 1. The average molecular weight is 344 g/mol. The van der Waals surface area contributed by atoms with Crippen LogP contribution in [0, 0.1) is 0 Å². The van der Waals surface area contributed by atoms with Gasteiger partial charge in [0.1, 0.15) is 0 Å². The third-order valence-electron chi connectivity index (χ3n) is 3.45. The van der Waals surface area contributed by atoms with Crippen LogP contribution in [0.4, 0.5) is 0 Å². The zero-order valence-corrected chi connectivity index (χ0v) is 15.0. The molecule has 5 nitrogen and oxygen atoms in total. The quantitative estimate of drug-likeness (QED) is 0.534. The van der Waals surface area contributed by atoms with Crippen LogP contribution in [0.15, 0.2) is 46.8 Å². The lowest BCUT2D eigenvalue weighted by atomic mass is 10.1. The van der Waals surface area contributed by atoms with Gasteiger partial charge < -0.3 is 16.0 Å². The fraction of sp³-hybridized carbons (Fsp3) is 0.333. The van der Waals surface area contributed by atoms with Gasteiger partial charge in [-0.1, -0.05) is 18.2 Å². The number of carbonyl (C=O) groups is 1. The number of nitrogens with one attached hydrogen (secondary N) is 3. The molecule has 0 bridgehead atoms. The summed E-state index contributed by atoms with van der Waals surface area (Å²) < 4.78 is 0. The molecule has 0 saturated carbocycles. The van der Waals surface area contributed by atoms with Crippen molar-refractivity contribution in [3.05, 3.63) is 57.8 Å². The largest absolute Gasteiger partial charge is 0.357 e. The number of rotatable bonds is 7. The highest BCUT2D eigenvalue weighted by atomic mass is 32.1. The highest BCUT2D eigenvalue weighted by Gasteiger charge is 2.03. The molecule has 3 N–H and O–H groups in total. The number of hydrogen-bond acceptors (Lipinski definition) is 3. The number of guanidine groups is 1. The second-order valence-corrected chi connectivity index (χ2v) is 6.26. The summed E-state index contributed by atoms with van der Waals surface area (Å²) in [6.45, 7) is 4.29. The van der Waals surface area contributed by atoms with Crippen molar-refractivity contribution in [2.24, 2.45) is 4.99 Å². The van der Waals surface area contributed by atoms with Crippen LogP contribution in [0.2, 0.25) is 0 Å². The van der Waals surface area contributed by atoms with Crippen molar-refractivity contribution >= 4 is 23.2 Å². The van der Waals surface area contributed by atoms with Crippen LogP contribution in [0.25, 0.3) is 0 Å². The maximum atomic E-state index is 11.5. The summed E-state index contributed by atoms with van der Waals surface area (Å²) in [5, 5.41) is 11.3. The fourth-order valence-corrected chi connectivity index (χ4v) is 2.89. The third kappa shape index (κ3) is 5.70. The molecule has 6 heteroatoms. The molecule has 0 spiro atoms. The predicted molar refractivity (Wildman–Crippen MR) is 101 cm³/mol. The Morgan fingerprint density at radius 2 is 1.96 bits per heavy atom. The molecule has 0 aliphatic rings. The van der Waals surface area contributed by atoms with Crippen molar-refractivity contribution < 1.29 is 4.79 Å². The molecule has 1 aromatic heterocycles. The minimum Gasteiger partial charge on any atom is -0.357 e. The molecule has 0 unspecified atom stereocenters. The number of carbonyl (C=O) groups excluding carboxylic acids is 1. The molecule has 2 aromatic rings. The third-order valence-corrected chi connectivity index (χ3v) is 4.39. The number of benzene rings is 1. The van der Waals surface area contributed by atoms with E-state index in [1.165, 1.54) is 4.88 Å². The Morgan fingerprint density at radius 3 is 2.58 bits per heavy atom. The van der Waals surface area contributed by atoms with E-state index in [-0.39, 0.29) is 5.91 Å². The van der Waals surface area contributed by atoms with E-state index in [1.54, 1.807) is 18.4 Å². The van der Waals surface area contributed by atoms with Gasteiger partial charge in [-0.25, -0.2) is 4.99 Å². The van der Waals surface area contributed by atoms with E-state index < -0.39 is 0 Å². The number of nitrogens with zero attached hydrogens (tertiary/aromatic N) is 1. The molecule has 1 amide bonds. The maximum absolute atomic E-state index is 11.5. The fourth-order valence-electron chi connectivity index (χ4n) is 2.18. The molecule has 2 rings (SSSR count). The van der Waals surface area contributed by atoms with Crippen LogP contribution in [0.3, 0.4) is 0 Å². The molecular weight excluding hydrogens is 320 g/mol. The van der Waals surface area contributed by atoms with E-state index in [9.17, 15) is 4.79 Å². The Kier molecular flexibility index (Phi) is 7.29. The highest BCUT2D eigenvalue weighted by molar-refractivity contribution is 7.09. The normalized spacial score (nSPS) is 11.2. The van der Waals surface area contributed by atoms with Crippen LogP contribution in [-0.4, -0.2) is 32.0 Å². The van der Waals surface area contributed by atoms with Gasteiger partial charge in [-0.2, -0.15) is 0 Å². The molecule has 24 heavy (non-hydrogen) atoms. The summed E-state index contributed by atoms with van der Waals surface area (Å²) in [6.07, 6.45) is 0.989. The first-order chi connectivity index (χ1) is 11.7. The van der Waals surface area contributed by atoms with Gasteiger partial charge in [-0.3, -0.25) is 4.79 Å². The van der Waals surface area contributed by atoms with E-state index in [0.717, 1.165) is 31.0 Å². The molecular formula is C18H24N4OS. The molecule has 1 aromatic carbocycles. The molecule has 0 aliphatic carbocycles. The minimum atomic E-state index is -0.0753. The smallest absolute Gasteiger partial charge is 0.251 e. The van der Waals surface area contributed by atoms with E-state index in [0.29, 0.717) is 12.1 Å². The van der Waals surface area contributed by atoms with Crippen LogP contribution in [0.1, 0.15) is 27.7 Å². The van der Waals surface area contributed by atoms with Crippen molar-refractivity contribution in [1.82, 2.24) is 16.0 Å². The van der Waals surface area contributed by atoms with E-state index in [2.05, 4.69) is 45.4 Å². The van der Waals surface area contributed by atoms with E-state index >= 15 is 0 Å². The first-order valence-corrected chi connectivity index (χ1v) is 8.96.